The Kier molecular flexibility index (Phi) is 6.39. The molecule has 0 bridgehead atoms. The Balaban J connectivity index is 1.96. The molecule has 8 heteroatoms. The fourth-order valence-corrected chi connectivity index (χ4v) is 3.19. The lowest BCUT2D eigenvalue weighted by molar-refractivity contribution is -0.122. The highest BCUT2D eigenvalue weighted by Crippen LogP contribution is 2.26. The van der Waals surface area contributed by atoms with Crippen LogP contribution in [0.1, 0.15) is 30.8 Å². The van der Waals surface area contributed by atoms with Gasteiger partial charge in [-0.25, -0.2) is 4.68 Å². The molecule has 7 nitrogen and oxygen atoms in total. The van der Waals surface area contributed by atoms with Gasteiger partial charge in [-0.3, -0.25) is 9.59 Å². The Bertz CT molecular complexity index is 995. The zero-order valence-corrected chi connectivity index (χ0v) is 17.2. The average molecular weight is 415 g/mol. The third-order valence-electron chi connectivity index (χ3n) is 4.34. The Morgan fingerprint density at radius 3 is 2.62 bits per heavy atom. The monoisotopic (exact) mass is 414 g/mol. The summed E-state index contributed by atoms with van der Waals surface area (Å²) in [5, 5.41) is 10.4. The van der Waals surface area contributed by atoms with Crippen LogP contribution in [0.3, 0.4) is 0 Å². The summed E-state index contributed by atoms with van der Waals surface area (Å²) < 4.78 is 7.10. The topological polar surface area (TPSA) is 89.2 Å². The number of hydrogen-bond acceptors (Lipinski definition) is 4. The first-order chi connectivity index (χ1) is 13.9. The van der Waals surface area contributed by atoms with E-state index in [1.54, 1.807) is 54.4 Å². The van der Waals surface area contributed by atoms with Crippen LogP contribution in [0, 0.1) is 5.92 Å². The van der Waals surface area contributed by atoms with Crippen molar-refractivity contribution in [2.45, 2.75) is 26.3 Å². The van der Waals surface area contributed by atoms with E-state index in [1.165, 1.54) is 0 Å². The number of furan rings is 1. The number of hydrogen-bond donors (Lipinski definition) is 2. The van der Waals surface area contributed by atoms with Gasteiger partial charge in [-0.1, -0.05) is 31.5 Å². The van der Waals surface area contributed by atoms with Gasteiger partial charge >= 0.3 is 0 Å². The summed E-state index contributed by atoms with van der Waals surface area (Å²) in [5.74, 6) is 0.113. The Morgan fingerprint density at radius 1 is 1.21 bits per heavy atom. The zero-order valence-electron chi connectivity index (χ0n) is 16.5. The standard InChI is InChI=1S/C21H23ClN4O3/c1-13(2)10-16(20(27)23-3)24-21(28)17-12-18(19-8-5-9-29-19)26(25-17)15-7-4-6-14(22)11-15/h4-9,11-13,16H,10H2,1-3H3,(H,23,27)(H,24,28). The summed E-state index contributed by atoms with van der Waals surface area (Å²) in [6.07, 6.45) is 2.07. The molecular formula is C21H23ClN4O3. The van der Waals surface area contributed by atoms with Gasteiger partial charge in [0.15, 0.2) is 11.5 Å². The predicted molar refractivity (Wildman–Crippen MR) is 111 cm³/mol. The molecule has 2 heterocycles. The number of carbonyl (C=O) groups is 2. The first-order valence-electron chi connectivity index (χ1n) is 9.31. The number of nitrogens with zero attached hydrogens (tertiary/aromatic N) is 2. The molecule has 0 aliphatic carbocycles. The SMILES string of the molecule is CNC(=O)C(CC(C)C)NC(=O)c1cc(-c2ccco2)n(-c2cccc(Cl)c2)n1. The molecule has 152 valence electrons. The highest BCUT2D eigenvalue weighted by molar-refractivity contribution is 6.30. The van der Waals surface area contributed by atoms with E-state index in [-0.39, 0.29) is 17.5 Å². The number of carbonyl (C=O) groups excluding carboxylic acids is 2. The molecule has 0 spiro atoms. The zero-order chi connectivity index (χ0) is 21.0. The molecule has 3 aromatic rings. The quantitative estimate of drug-likeness (QED) is 0.617. The van der Waals surface area contributed by atoms with Crippen molar-refractivity contribution in [2.75, 3.05) is 7.05 Å². The van der Waals surface area contributed by atoms with Crippen LogP contribution >= 0.6 is 11.6 Å². The summed E-state index contributed by atoms with van der Waals surface area (Å²) in [7, 11) is 1.55. The molecule has 1 aromatic carbocycles. The maximum atomic E-state index is 12.9. The van der Waals surface area contributed by atoms with E-state index in [2.05, 4.69) is 15.7 Å². The van der Waals surface area contributed by atoms with Gasteiger partial charge in [0.05, 0.1) is 12.0 Å². The van der Waals surface area contributed by atoms with Crippen LogP contribution in [0.5, 0.6) is 0 Å². The number of halogens is 1. The Hall–Kier alpha value is -3.06. The number of likely N-dealkylation sites (N-methyl/N-ethyl adjacent to an activating group) is 1. The van der Waals surface area contributed by atoms with Crippen molar-refractivity contribution < 1.29 is 14.0 Å². The maximum absolute atomic E-state index is 12.9. The van der Waals surface area contributed by atoms with E-state index in [0.717, 1.165) is 0 Å². The average Bonchev–Trinajstić information content (AvgIpc) is 3.36. The molecule has 0 aliphatic rings. The molecule has 2 aromatic heterocycles. The lowest BCUT2D eigenvalue weighted by atomic mass is 10.0. The van der Waals surface area contributed by atoms with Crippen LogP contribution < -0.4 is 10.6 Å². The van der Waals surface area contributed by atoms with Crippen molar-refractivity contribution in [3.8, 4) is 17.1 Å². The maximum Gasteiger partial charge on any atom is 0.272 e. The lowest BCUT2D eigenvalue weighted by Crippen LogP contribution is -2.46. The Morgan fingerprint density at radius 2 is 2.00 bits per heavy atom. The summed E-state index contributed by atoms with van der Waals surface area (Å²) >= 11 is 6.12. The summed E-state index contributed by atoms with van der Waals surface area (Å²) in [6.45, 7) is 3.98. The molecule has 0 fully saturated rings. The van der Waals surface area contributed by atoms with E-state index in [1.807, 2.05) is 19.9 Å². The van der Waals surface area contributed by atoms with E-state index in [9.17, 15) is 9.59 Å². The second-order valence-corrected chi connectivity index (χ2v) is 7.49. The van der Waals surface area contributed by atoms with Gasteiger partial charge in [-0.2, -0.15) is 5.10 Å². The van der Waals surface area contributed by atoms with Crippen LogP contribution in [-0.2, 0) is 4.79 Å². The second-order valence-electron chi connectivity index (χ2n) is 7.05. The molecule has 0 radical (unpaired) electrons. The van der Waals surface area contributed by atoms with Crippen molar-refractivity contribution >= 4 is 23.4 Å². The van der Waals surface area contributed by atoms with Crippen LogP contribution in [0.15, 0.2) is 53.1 Å². The Labute approximate surface area is 174 Å². The van der Waals surface area contributed by atoms with Gasteiger partial charge < -0.3 is 15.1 Å². The van der Waals surface area contributed by atoms with Crippen LogP contribution in [0.2, 0.25) is 5.02 Å². The molecule has 0 aliphatic heterocycles. The number of nitrogens with one attached hydrogen (secondary N) is 2. The fraction of sp³-hybridized carbons (Fsp3) is 0.286. The van der Waals surface area contributed by atoms with Gasteiger partial charge in [0.25, 0.3) is 5.91 Å². The first-order valence-corrected chi connectivity index (χ1v) is 9.69. The van der Waals surface area contributed by atoms with Gasteiger partial charge in [0.1, 0.15) is 11.7 Å². The van der Waals surface area contributed by atoms with E-state index in [0.29, 0.717) is 28.6 Å². The molecular weight excluding hydrogens is 392 g/mol. The third-order valence-corrected chi connectivity index (χ3v) is 4.58. The molecule has 1 atom stereocenters. The molecule has 0 saturated carbocycles. The second kappa shape index (κ2) is 8.96. The van der Waals surface area contributed by atoms with Crippen molar-refractivity contribution in [3.63, 3.8) is 0 Å². The highest BCUT2D eigenvalue weighted by atomic mass is 35.5. The van der Waals surface area contributed by atoms with Crippen molar-refractivity contribution in [3.05, 3.63) is 59.4 Å². The molecule has 2 N–H and O–H groups in total. The third kappa shape index (κ3) is 4.86. The van der Waals surface area contributed by atoms with Gasteiger partial charge in [0, 0.05) is 18.1 Å². The fourth-order valence-electron chi connectivity index (χ4n) is 3.01. The van der Waals surface area contributed by atoms with Crippen molar-refractivity contribution in [1.29, 1.82) is 0 Å². The van der Waals surface area contributed by atoms with Gasteiger partial charge in [-0.15, -0.1) is 0 Å². The molecule has 3 rings (SSSR count). The summed E-state index contributed by atoms with van der Waals surface area (Å²) in [4.78, 5) is 25.0. The van der Waals surface area contributed by atoms with E-state index < -0.39 is 11.9 Å². The van der Waals surface area contributed by atoms with Crippen LogP contribution in [0.4, 0.5) is 0 Å². The number of aromatic nitrogens is 2. The van der Waals surface area contributed by atoms with Crippen LogP contribution in [0.25, 0.3) is 17.1 Å². The minimum atomic E-state index is -0.643. The summed E-state index contributed by atoms with van der Waals surface area (Å²) in [6, 6.07) is 11.7. The largest absolute Gasteiger partial charge is 0.463 e. The normalized spacial score (nSPS) is 12.0. The smallest absolute Gasteiger partial charge is 0.272 e. The molecule has 29 heavy (non-hydrogen) atoms. The van der Waals surface area contributed by atoms with Crippen molar-refractivity contribution in [2.24, 2.45) is 5.92 Å². The number of rotatable bonds is 7. The first kappa shape index (κ1) is 20.7. The lowest BCUT2D eigenvalue weighted by Gasteiger charge is -2.18. The molecule has 0 saturated heterocycles. The van der Waals surface area contributed by atoms with E-state index in [4.69, 9.17) is 16.0 Å². The minimum Gasteiger partial charge on any atom is -0.463 e. The number of benzene rings is 1. The number of amides is 2. The van der Waals surface area contributed by atoms with Crippen molar-refractivity contribution in [1.82, 2.24) is 20.4 Å². The molecule has 2 amide bonds. The minimum absolute atomic E-state index is 0.175. The van der Waals surface area contributed by atoms with Gasteiger partial charge in [0.2, 0.25) is 5.91 Å². The van der Waals surface area contributed by atoms with Crippen LogP contribution in [-0.4, -0.2) is 34.7 Å². The predicted octanol–water partition coefficient (Wildman–Crippen LogP) is 3.68. The van der Waals surface area contributed by atoms with E-state index >= 15 is 0 Å². The molecule has 1 unspecified atom stereocenters. The summed E-state index contributed by atoms with van der Waals surface area (Å²) in [5.41, 5.74) is 1.46. The highest BCUT2D eigenvalue weighted by Gasteiger charge is 2.24. The van der Waals surface area contributed by atoms with Gasteiger partial charge in [-0.05, 0) is 42.7 Å².